The predicted octanol–water partition coefficient (Wildman–Crippen LogP) is 2.74. The normalized spacial score (nSPS) is 11.9. The summed E-state index contributed by atoms with van der Waals surface area (Å²) in [5, 5.41) is 2.84. The molecule has 2 rings (SSSR count). The zero-order chi connectivity index (χ0) is 20.1. The predicted molar refractivity (Wildman–Crippen MR) is 106 cm³/mol. The first-order valence-corrected chi connectivity index (χ1v) is 10.1. The second-order valence-corrected chi connectivity index (χ2v) is 8.99. The fourth-order valence-corrected chi connectivity index (χ4v) is 3.47. The molecular weight excluding hydrogens is 364 g/mol. The molecule has 146 valence electrons. The Balaban J connectivity index is 1.98. The van der Waals surface area contributed by atoms with Gasteiger partial charge in [0, 0.05) is 17.6 Å². The third-order valence-electron chi connectivity index (χ3n) is 3.76. The van der Waals surface area contributed by atoms with Gasteiger partial charge in [0.25, 0.3) is 5.91 Å². The van der Waals surface area contributed by atoms with E-state index in [1.807, 2.05) is 45.0 Å². The fourth-order valence-electron chi connectivity index (χ4n) is 2.44. The number of hydrogen-bond acceptors (Lipinski definition) is 4. The standard InChI is InChI=1S/C20H26N2O4S/c1-20(2,3)22-19(23)16-8-10-18(11-9-16)27(24,25)21-13-12-15-6-5-7-17(14-15)26-4/h5-11,14,21H,12-13H2,1-4H3,(H,22,23). The van der Waals surface area contributed by atoms with Crippen LogP contribution < -0.4 is 14.8 Å². The number of sulfonamides is 1. The number of benzene rings is 2. The highest BCUT2D eigenvalue weighted by atomic mass is 32.2. The highest BCUT2D eigenvalue weighted by Crippen LogP contribution is 2.14. The van der Waals surface area contributed by atoms with Gasteiger partial charge in [-0.05, 0) is 69.2 Å². The monoisotopic (exact) mass is 390 g/mol. The third kappa shape index (κ3) is 6.37. The molecular formula is C20H26N2O4S. The van der Waals surface area contributed by atoms with Gasteiger partial charge in [-0.3, -0.25) is 4.79 Å². The Morgan fingerprint density at radius 2 is 1.74 bits per heavy atom. The van der Waals surface area contributed by atoms with Crippen molar-refractivity contribution in [2.45, 2.75) is 37.6 Å². The third-order valence-corrected chi connectivity index (χ3v) is 5.23. The van der Waals surface area contributed by atoms with Crippen LogP contribution in [0.4, 0.5) is 0 Å². The summed E-state index contributed by atoms with van der Waals surface area (Å²) in [4.78, 5) is 12.2. The number of hydrogen-bond donors (Lipinski definition) is 2. The molecule has 0 heterocycles. The van der Waals surface area contributed by atoms with Gasteiger partial charge < -0.3 is 10.1 Å². The van der Waals surface area contributed by atoms with Crippen molar-refractivity contribution in [1.82, 2.24) is 10.0 Å². The van der Waals surface area contributed by atoms with Crippen LogP contribution in [0.5, 0.6) is 5.75 Å². The number of rotatable bonds is 7. The van der Waals surface area contributed by atoms with Gasteiger partial charge in [0.15, 0.2) is 0 Å². The SMILES string of the molecule is COc1cccc(CCNS(=O)(=O)c2ccc(C(=O)NC(C)(C)C)cc2)c1. The van der Waals surface area contributed by atoms with Crippen molar-refractivity contribution < 1.29 is 17.9 Å². The van der Waals surface area contributed by atoms with E-state index < -0.39 is 10.0 Å². The van der Waals surface area contributed by atoms with Crippen LogP contribution in [0.15, 0.2) is 53.4 Å². The summed E-state index contributed by atoms with van der Waals surface area (Å²) in [5.41, 5.74) is 1.04. The van der Waals surface area contributed by atoms with Crippen LogP contribution >= 0.6 is 0 Å². The number of ether oxygens (including phenoxy) is 1. The maximum Gasteiger partial charge on any atom is 0.251 e. The lowest BCUT2D eigenvalue weighted by atomic mass is 10.1. The average molecular weight is 391 g/mol. The number of methoxy groups -OCH3 is 1. The van der Waals surface area contributed by atoms with Gasteiger partial charge >= 0.3 is 0 Å². The first-order chi connectivity index (χ1) is 12.6. The maximum atomic E-state index is 12.4. The minimum atomic E-state index is -3.64. The van der Waals surface area contributed by atoms with Crippen molar-refractivity contribution in [2.75, 3.05) is 13.7 Å². The summed E-state index contributed by atoms with van der Waals surface area (Å²) < 4.78 is 32.6. The molecule has 0 radical (unpaired) electrons. The van der Waals surface area contributed by atoms with Gasteiger partial charge in [0.05, 0.1) is 12.0 Å². The summed E-state index contributed by atoms with van der Waals surface area (Å²) in [6.07, 6.45) is 0.544. The Hall–Kier alpha value is -2.38. The largest absolute Gasteiger partial charge is 0.497 e. The lowest BCUT2D eigenvalue weighted by molar-refractivity contribution is 0.0919. The Bertz CT molecular complexity index is 885. The lowest BCUT2D eigenvalue weighted by Crippen LogP contribution is -2.40. The zero-order valence-corrected chi connectivity index (χ0v) is 16.9. The molecule has 0 saturated carbocycles. The quantitative estimate of drug-likeness (QED) is 0.761. The van der Waals surface area contributed by atoms with Crippen molar-refractivity contribution in [1.29, 1.82) is 0 Å². The molecule has 0 aliphatic heterocycles. The van der Waals surface area contributed by atoms with E-state index in [9.17, 15) is 13.2 Å². The van der Waals surface area contributed by atoms with E-state index in [4.69, 9.17) is 4.74 Å². The molecule has 1 amide bonds. The summed E-state index contributed by atoms with van der Waals surface area (Å²) >= 11 is 0. The van der Waals surface area contributed by atoms with E-state index in [1.54, 1.807) is 7.11 Å². The van der Waals surface area contributed by atoms with Crippen molar-refractivity contribution in [3.8, 4) is 5.75 Å². The molecule has 27 heavy (non-hydrogen) atoms. The second-order valence-electron chi connectivity index (χ2n) is 7.23. The Labute approximate surface area is 161 Å². The van der Waals surface area contributed by atoms with Crippen LogP contribution in [0.2, 0.25) is 0 Å². The van der Waals surface area contributed by atoms with Crippen molar-refractivity contribution in [3.05, 3.63) is 59.7 Å². The van der Waals surface area contributed by atoms with Crippen molar-refractivity contribution in [3.63, 3.8) is 0 Å². The zero-order valence-electron chi connectivity index (χ0n) is 16.1. The van der Waals surface area contributed by atoms with Crippen LogP contribution in [0.3, 0.4) is 0 Å². The molecule has 0 bridgehead atoms. The van der Waals surface area contributed by atoms with Crippen LogP contribution in [0.1, 0.15) is 36.7 Å². The van der Waals surface area contributed by atoms with Gasteiger partial charge in [0.1, 0.15) is 5.75 Å². The summed E-state index contributed by atoms with van der Waals surface area (Å²) in [6.45, 7) is 5.92. The molecule has 2 aromatic rings. The minimum absolute atomic E-state index is 0.125. The minimum Gasteiger partial charge on any atom is -0.497 e. The molecule has 2 N–H and O–H groups in total. The highest BCUT2D eigenvalue weighted by molar-refractivity contribution is 7.89. The van der Waals surface area contributed by atoms with E-state index in [2.05, 4.69) is 10.0 Å². The van der Waals surface area contributed by atoms with Crippen LogP contribution in [-0.4, -0.2) is 33.5 Å². The average Bonchev–Trinajstić information content (AvgIpc) is 2.60. The van der Waals surface area contributed by atoms with Crippen molar-refractivity contribution in [2.24, 2.45) is 0 Å². The lowest BCUT2D eigenvalue weighted by Gasteiger charge is -2.20. The molecule has 0 unspecified atom stereocenters. The molecule has 0 fully saturated rings. The molecule has 0 aliphatic rings. The van der Waals surface area contributed by atoms with E-state index in [0.29, 0.717) is 12.0 Å². The van der Waals surface area contributed by atoms with Gasteiger partial charge in [0.2, 0.25) is 10.0 Å². The number of carbonyl (C=O) groups excluding carboxylic acids is 1. The topological polar surface area (TPSA) is 84.5 Å². The summed E-state index contributed by atoms with van der Waals surface area (Å²) in [5.74, 6) is 0.497. The summed E-state index contributed by atoms with van der Waals surface area (Å²) in [7, 11) is -2.05. The Morgan fingerprint density at radius 3 is 2.33 bits per heavy atom. The van der Waals surface area contributed by atoms with Gasteiger partial charge in [-0.2, -0.15) is 0 Å². The maximum absolute atomic E-state index is 12.4. The molecule has 0 atom stereocenters. The fraction of sp³-hybridized carbons (Fsp3) is 0.350. The Kier molecular flexibility index (Phi) is 6.62. The van der Waals surface area contributed by atoms with Crippen LogP contribution in [0, 0.1) is 0 Å². The van der Waals surface area contributed by atoms with E-state index >= 15 is 0 Å². The van der Waals surface area contributed by atoms with E-state index in [-0.39, 0.29) is 22.9 Å². The first-order valence-electron chi connectivity index (χ1n) is 8.66. The molecule has 6 nitrogen and oxygen atoms in total. The molecule has 0 aliphatic carbocycles. The van der Waals surface area contributed by atoms with Crippen LogP contribution in [0.25, 0.3) is 0 Å². The van der Waals surface area contributed by atoms with Crippen LogP contribution in [-0.2, 0) is 16.4 Å². The molecule has 2 aromatic carbocycles. The van der Waals surface area contributed by atoms with Gasteiger partial charge in [-0.15, -0.1) is 0 Å². The number of amides is 1. The van der Waals surface area contributed by atoms with Gasteiger partial charge in [-0.25, -0.2) is 13.1 Å². The molecule has 0 saturated heterocycles. The molecule has 7 heteroatoms. The summed E-state index contributed by atoms with van der Waals surface area (Å²) in [6, 6.07) is 13.4. The number of carbonyl (C=O) groups is 1. The van der Waals surface area contributed by atoms with Gasteiger partial charge in [-0.1, -0.05) is 12.1 Å². The molecule has 0 spiro atoms. The van der Waals surface area contributed by atoms with E-state index in [1.165, 1.54) is 24.3 Å². The highest BCUT2D eigenvalue weighted by Gasteiger charge is 2.17. The molecule has 0 aromatic heterocycles. The smallest absolute Gasteiger partial charge is 0.251 e. The van der Waals surface area contributed by atoms with E-state index in [0.717, 1.165) is 11.3 Å². The number of nitrogens with one attached hydrogen (secondary N) is 2. The first kappa shape index (κ1) is 20.9. The second kappa shape index (κ2) is 8.54. The Morgan fingerprint density at radius 1 is 1.07 bits per heavy atom. The van der Waals surface area contributed by atoms with Crippen molar-refractivity contribution >= 4 is 15.9 Å².